The molecule has 1 unspecified atom stereocenters. The Hall–Kier alpha value is -1.35. The summed E-state index contributed by atoms with van der Waals surface area (Å²) in [6.45, 7) is 6.99. The summed E-state index contributed by atoms with van der Waals surface area (Å²) in [7, 11) is 1.94. The molecule has 1 aliphatic heterocycles. The monoisotopic (exact) mass is 260 g/mol. The van der Waals surface area contributed by atoms with E-state index in [1.54, 1.807) is 0 Å². The lowest BCUT2D eigenvalue weighted by molar-refractivity contribution is -0.135. The molecule has 3 nitrogen and oxygen atoms in total. The molecular formula is C16H24N2O. The summed E-state index contributed by atoms with van der Waals surface area (Å²) in [5.41, 5.74) is 1.35. The van der Waals surface area contributed by atoms with Gasteiger partial charge in [0.2, 0.25) is 5.91 Å². The number of hydrogen-bond acceptors (Lipinski definition) is 2. The van der Waals surface area contributed by atoms with Crippen molar-refractivity contribution in [2.45, 2.75) is 32.9 Å². The van der Waals surface area contributed by atoms with E-state index in [1.807, 2.05) is 31.9 Å². The minimum atomic E-state index is 0.0909. The lowest BCUT2D eigenvalue weighted by Gasteiger charge is -2.26. The van der Waals surface area contributed by atoms with Crippen LogP contribution in [0.15, 0.2) is 30.3 Å². The molecular weight excluding hydrogens is 236 g/mol. The Morgan fingerprint density at radius 2 is 2.05 bits per heavy atom. The average Bonchev–Trinajstić information content (AvgIpc) is 2.86. The van der Waals surface area contributed by atoms with Gasteiger partial charge in [0.25, 0.3) is 0 Å². The van der Waals surface area contributed by atoms with E-state index in [2.05, 4.69) is 29.2 Å². The smallest absolute Gasteiger partial charge is 0.225 e. The Morgan fingerprint density at radius 1 is 1.37 bits per heavy atom. The van der Waals surface area contributed by atoms with Crippen molar-refractivity contribution in [3.05, 3.63) is 35.9 Å². The highest BCUT2D eigenvalue weighted by Gasteiger charge is 2.28. The van der Waals surface area contributed by atoms with Gasteiger partial charge in [0.1, 0.15) is 0 Å². The van der Waals surface area contributed by atoms with Crippen molar-refractivity contribution >= 4 is 5.91 Å². The van der Waals surface area contributed by atoms with Gasteiger partial charge in [-0.3, -0.25) is 9.69 Å². The summed E-state index contributed by atoms with van der Waals surface area (Å²) in [5.74, 6) is 0.347. The van der Waals surface area contributed by atoms with Crippen LogP contribution < -0.4 is 0 Å². The number of amides is 1. The molecule has 1 saturated heterocycles. The predicted octanol–water partition coefficient (Wildman–Crippen LogP) is 2.38. The highest BCUT2D eigenvalue weighted by molar-refractivity contribution is 5.78. The Balaban J connectivity index is 1.88. The van der Waals surface area contributed by atoms with E-state index in [4.69, 9.17) is 0 Å². The van der Waals surface area contributed by atoms with E-state index in [0.717, 1.165) is 26.1 Å². The first-order chi connectivity index (χ1) is 9.08. The molecule has 1 aliphatic rings. The SMILES string of the molecule is CC(C)C(=O)N(C)C1CCN(Cc2ccccc2)C1. The topological polar surface area (TPSA) is 23.6 Å². The summed E-state index contributed by atoms with van der Waals surface area (Å²) in [6.07, 6.45) is 1.09. The second-order valence-electron chi connectivity index (χ2n) is 5.77. The van der Waals surface area contributed by atoms with Crippen LogP contribution in [0.5, 0.6) is 0 Å². The van der Waals surface area contributed by atoms with Crippen LogP contribution in [0.2, 0.25) is 0 Å². The van der Waals surface area contributed by atoms with Crippen molar-refractivity contribution in [1.29, 1.82) is 0 Å². The molecule has 0 radical (unpaired) electrons. The molecule has 104 valence electrons. The third-order valence-electron chi connectivity index (χ3n) is 3.89. The van der Waals surface area contributed by atoms with Crippen molar-refractivity contribution in [2.24, 2.45) is 5.92 Å². The normalized spacial score (nSPS) is 19.9. The Bertz CT molecular complexity index is 416. The summed E-state index contributed by atoms with van der Waals surface area (Å²) in [4.78, 5) is 16.4. The molecule has 3 heteroatoms. The van der Waals surface area contributed by atoms with Crippen molar-refractivity contribution in [2.75, 3.05) is 20.1 Å². The minimum Gasteiger partial charge on any atom is -0.341 e. The molecule has 2 rings (SSSR count). The largest absolute Gasteiger partial charge is 0.341 e. The summed E-state index contributed by atoms with van der Waals surface area (Å²) >= 11 is 0. The molecule has 1 aromatic rings. The average molecular weight is 260 g/mol. The number of carbonyl (C=O) groups excluding carboxylic acids is 1. The van der Waals surface area contributed by atoms with Gasteiger partial charge in [-0.05, 0) is 12.0 Å². The van der Waals surface area contributed by atoms with Gasteiger partial charge in [0, 0.05) is 38.6 Å². The van der Waals surface area contributed by atoms with Gasteiger partial charge in [0.05, 0.1) is 0 Å². The number of nitrogens with zero attached hydrogens (tertiary/aromatic N) is 2. The highest BCUT2D eigenvalue weighted by Crippen LogP contribution is 2.18. The highest BCUT2D eigenvalue weighted by atomic mass is 16.2. The van der Waals surface area contributed by atoms with Gasteiger partial charge in [-0.15, -0.1) is 0 Å². The molecule has 0 aromatic heterocycles. The van der Waals surface area contributed by atoms with Gasteiger partial charge >= 0.3 is 0 Å². The zero-order valence-electron chi connectivity index (χ0n) is 12.2. The lowest BCUT2D eigenvalue weighted by atomic mass is 10.1. The fraction of sp³-hybridized carbons (Fsp3) is 0.562. The first-order valence-corrected chi connectivity index (χ1v) is 7.11. The molecule has 1 amide bonds. The lowest BCUT2D eigenvalue weighted by Crippen LogP contribution is -2.41. The van der Waals surface area contributed by atoms with Crippen molar-refractivity contribution in [1.82, 2.24) is 9.80 Å². The summed E-state index contributed by atoms with van der Waals surface area (Å²) in [6, 6.07) is 10.9. The quantitative estimate of drug-likeness (QED) is 0.830. The standard InChI is InChI=1S/C16H24N2O/c1-13(2)16(19)17(3)15-9-10-18(12-15)11-14-7-5-4-6-8-14/h4-8,13,15H,9-12H2,1-3H3. The molecule has 1 aromatic carbocycles. The van der Waals surface area contributed by atoms with E-state index in [1.165, 1.54) is 5.56 Å². The second kappa shape index (κ2) is 6.20. The van der Waals surface area contributed by atoms with Crippen LogP contribution in [0.25, 0.3) is 0 Å². The van der Waals surface area contributed by atoms with Crippen LogP contribution >= 0.6 is 0 Å². The van der Waals surface area contributed by atoms with Gasteiger partial charge in [-0.25, -0.2) is 0 Å². The number of likely N-dealkylation sites (N-methyl/N-ethyl adjacent to an activating group) is 1. The molecule has 1 heterocycles. The number of likely N-dealkylation sites (tertiary alicyclic amines) is 1. The van der Waals surface area contributed by atoms with Crippen LogP contribution in [-0.2, 0) is 11.3 Å². The third kappa shape index (κ3) is 3.57. The van der Waals surface area contributed by atoms with Crippen molar-refractivity contribution in [3.8, 4) is 0 Å². The molecule has 0 saturated carbocycles. The third-order valence-corrected chi connectivity index (χ3v) is 3.89. The second-order valence-corrected chi connectivity index (χ2v) is 5.77. The summed E-state index contributed by atoms with van der Waals surface area (Å²) in [5, 5.41) is 0. The predicted molar refractivity (Wildman–Crippen MR) is 77.7 cm³/mol. The van der Waals surface area contributed by atoms with Crippen molar-refractivity contribution in [3.63, 3.8) is 0 Å². The molecule has 1 fully saturated rings. The number of hydrogen-bond donors (Lipinski definition) is 0. The zero-order chi connectivity index (χ0) is 13.8. The van der Waals surface area contributed by atoms with E-state index >= 15 is 0 Å². The van der Waals surface area contributed by atoms with E-state index in [0.29, 0.717) is 6.04 Å². The zero-order valence-corrected chi connectivity index (χ0v) is 12.2. The Labute approximate surface area is 116 Å². The fourth-order valence-electron chi connectivity index (χ4n) is 2.70. The van der Waals surface area contributed by atoms with E-state index in [-0.39, 0.29) is 11.8 Å². The van der Waals surface area contributed by atoms with Crippen LogP contribution in [0.3, 0.4) is 0 Å². The minimum absolute atomic E-state index is 0.0909. The van der Waals surface area contributed by atoms with Gasteiger partial charge in [-0.2, -0.15) is 0 Å². The van der Waals surface area contributed by atoms with Gasteiger partial charge in [0.15, 0.2) is 0 Å². The van der Waals surface area contributed by atoms with Crippen LogP contribution in [0.1, 0.15) is 25.8 Å². The maximum atomic E-state index is 12.0. The Kier molecular flexibility index (Phi) is 4.59. The molecule has 0 N–H and O–H groups in total. The van der Waals surface area contributed by atoms with Crippen LogP contribution in [0.4, 0.5) is 0 Å². The molecule has 0 bridgehead atoms. The molecule has 0 aliphatic carbocycles. The Morgan fingerprint density at radius 3 is 2.68 bits per heavy atom. The maximum Gasteiger partial charge on any atom is 0.225 e. The molecule has 1 atom stereocenters. The number of benzene rings is 1. The number of carbonyl (C=O) groups is 1. The van der Waals surface area contributed by atoms with Crippen LogP contribution in [0, 0.1) is 5.92 Å². The van der Waals surface area contributed by atoms with Gasteiger partial charge in [-0.1, -0.05) is 44.2 Å². The van der Waals surface area contributed by atoms with Crippen LogP contribution in [-0.4, -0.2) is 41.9 Å². The molecule has 0 spiro atoms. The fourth-order valence-corrected chi connectivity index (χ4v) is 2.70. The molecule has 19 heavy (non-hydrogen) atoms. The first kappa shape index (κ1) is 14.1. The van der Waals surface area contributed by atoms with Crippen molar-refractivity contribution < 1.29 is 4.79 Å². The number of rotatable bonds is 4. The van der Waals surface area contributed by atoms with Gasteiger partial charge < -0.3 is 4.90 Å². The first-order valence-electron chi connectivity index (χ1n) is 7.11. The van der Waals surface area contributed by atoms with E-state index in [9.17, 15) is 4.79 Å². The summed E-state index contributed by atoms with van der Waals surface area (Å²) < 4.78 is 0. The maximum absolute atomic E-state index is 12.0. The van der Waals surface area contributed by atoms with E-state index < -0.39 is 0 Å².